The van der Waals surface area contributed by atoms with Crippen LogP contribution in [0, 0.1) is 6.92 Å². The van der Waals surface area contributed by atoms with Gasteiger partial charge >= 0.3 is 0 Å². The van der Waals surface area contributed by atoms with Gasteiger partial charge in [-0.25, -0.2) is 0 Å². The molecule has 0 spiro atoms. The molecule has 0 radical (unpaired) electrons. The summed E-state index contributed by atoms with van der Waals surface area (Å²) >= 11 is 3.50. The minimum Gasteiger partial charge on any atom is -0.322 e. The maximum Gasteiger partial charge on any atom is 0.248 e. The molecule has 16 heavy (non-hydrogen) atoms. The molecule has 1 aromatic heterocycles. The van der Waals surface area contributed by atoms with Crippen LogP contribution in [0.15, 0.2) is 29.1 Å². The standard InChI is InChI=1S/C13H14BrNO/c1-8-3-4-10(9(2)7-14)11-5-6-12(16)15-13(8)11/h3-6,9H,7H2,1-2H3,(H,15,16)/t9-/m0/s1. The Kier molecular flexibility index (Phi) is 3.15. The zero-order valence-electron chi connectivity index (χ0n) is 9.38. The van der Waals surface area contributed by atoms with E-state index >= 15 is 0 Å². The van der Waals surface area contributed by atoms with Crippen LogP contribution in [0.1, 0.15) is 24.0 Å². The van der Waals surface area contributed by atoms with Crippen molar-refractivity contribution in [2.45, 2.75) is 19.8 Å². The van der Waals surface area contributed by atoms with Crippen molar-refractivity contribution in [1.82, 2.24) is 4.98 Å². The third-order valence-corrected chi connectivity index (χ3v) is 3.87. The summed E-state index contributed by atoms with van der Waals surface area (Å²) in [6.07, 6.45) is 0. The van der Waals surface area contributed by atoms with Crippen molar-refractivity contribution in [3.8, 4) is 0 Å². The fourth-order valence-corrected chi connectivity index (χ4v) is 2.28. The number of alkyl halides is 1. The molecule has 1 heterocycles. The fraction of sp³-hybridized carbons (Fsp3) is 0.308. The summed E-state index contributed by atoms with van der Waals surface area (Å²) in [5.41, 5.74) is 3.30. The number of H-pyrrole nitrogens is 1. The first kappa shape index (κ1) is 11.4. The van der Waals surface area contributed by atoms with Crippen molar-refractivity contribution in [1.29, 1.82) is 0 Å². The number of aromatic nitrogens is 1. The van der Waals surface area contributed by atoms with Crippen molar-refractivity contribution in [2.75, 3.05) is 5.33 Å². The fourth-order valence-electron chi connectivity index (χ4n) is 1.93. The molecule has 2 aromatic rings. The van der Waals surface area contributed by atoms with Gasteiger partial charge in [0.25, 0.3) is 0 Å². The lowest BCUT2D eigenvalue weighted by Crippen LogP contribution is -2.05. The molecule has 0 aliphatic rings. The van der Waals surface area contributed by atoms with Gasteiger partial charge in [-0.15, -0.1) is 0 Å². The molecule has 0 bridgehead atoms. The number of hydrogen-bond donors (Lipinski definition) is 1. The number of aryl methyl sites for hydroxylation is 1. The lowest BCUT2D eigenvalue weighted by Gasteiger charge is -2.13. The van der Waals surface area contributed by atoms with E-state index in [4.69, 9.17) is 0 Å². The van der Waals surface area contributed by atoms with Crippen molar-refractivity contribution >= 4 is 26.8 Å². The Labute approximate surface area is 103 Å². The molecular formula is C13H14BrNO. The van der Waals surface area contributed by atoms with Gasteiger partial charge in [-0.3, -0.25) is 4.79 Å². The van der Waals surface area contributed by atoms with Crippen LogP contribution in [-0.2, 0) is 0 Å². The molecule has 0 amide bonds. The lowest BCUT2D eigenvalue weighted by molar-refractivity contribution is 0.897. The highest BCUT2D eigenvalue weighted by Gasteiger charge is 2.09. The SMILES string of the molecule is Cc1ccc([C@@H](C)CBr)c2ccc(=O)[nH]c12. The van der Waals surface area contributed by atoms with Gasteiger partial charge in [-0.1, -0.05) is 35.0 Å². The number of hydrogen-bond acceptors (Lipinski definition) is 1. The number of fused-ring (bicyclic) bond motifs is 1. The second-order valence-corrected chi connectivity index (χ2v) is 4.79. The first-order valence-corrected chi connectivity index (χ1v) is 6.44. The van der Waals surface area contributed by atoms with Crippen LogP contribution in [-0.4, -0.2) is 10.3 Å². The molecule has 1 aromatic carbocycles. The Morgan fingerprint density at radius 1 is 1.31 bits per heavy atom. The Hall–Kier alpha value is -1.09. The maximum atomic E-state index is 11.3. The number of pyridine rings is 1. The van der Waals surface area contributed by atoms with Gasteiger partial charge in [0.05, 0.1) is 5.52 Å². The van der Waals surface area contributed by atoms with Crippen LogP contribution < -0.4 is 5.56 Å². The van der Waals surface area contributed by atoms with Crippen LogP contribution in [0.25, 0.3) is 10.9 Å². The zero-order chi connectivity index (χ0) is 11.7. The Morgan fingerprint density at radius 2 is 2.06 bits per heavy atom. The topological polar surface area (TPSA) is 32.9 Å². The zero-order valence-corrected chi connectivity index (χ0v) is 11.0. The van der Waals surface area contributed by atoms with Gasteiger partial charge < -0.3 is 4.98 Å². The molecule has 3 heteroatoms. The minimum absolute atomic E-state index is 0.0424. The van der Waals surface area contributed by atoms with E-state index in [1.807, 2.05) is 13.0 Å². The first-order valence-electron chi connectivity index (χ1n) is 5.32. The largest absolute Gasteiger partial charge is 0.322 e. The van der Waals surface area contributed by atoms with Gasteiger partial charge in [0.1, 0.15) is 0 Å². The van der Waals surface area contributed by atoms with Gasteiger partial charge in [-0.05, 0) is 30.0 Å². The van der Waals surface area contributed by atoms with E-state index in [2.05, 4.69) is 40.0 Å². The molecule has 0 saturated heterocycles. The smallest absolute Gasteiger partial charge is 0.248 e. The van der Waals surface area contributed by atoms with Crippen LogP contribution in [0.2, 0.25) is 0 Å². The Balaban J connectivity index is 2.79. The monoisotopic (exact) mass is 279 g/mol. The van der Waals surface area contributed by atoms with Gasteiger partial charge in [0.15, 0.2) is 0 Å². The Morgan fingerprint density at radius 3 is 2.75 bits per heavy atom. The molecule has 0 aliphatic heterocycles. The summed E-state index contributed by atoms with van der Waals surface area (Å²) in [7, 11) is 0. The van der Waals surface area contributed by atoms with Crippen LogP contribution in [0.4, 0.5) is 0 Å². The second-order valence-electron chi connectivity index (χ2n) is 4.14. The number of halogens is 1. The van der Waals surface area contributed by atoms with Crippen molar-refractivity contribution in [2.24, 2.45) is 0 Å². The predicted octanol–water partition coefficient (Wildman–Crippen LogP) is 3.33. The average molecular weight is 280 g/mol. The van der Waals surface area contributed by atoms with E-state index in [1.165, 1.54) is 5.56 Å². The van der Waals surface area contributed by atoms with E-state index < -0.39 is 0 Å². The highest BCUT2D eigenvalue weighted by atomic mass is 79.9. The molecule has 84 valence electrons. The number of aromatic amines is 1. The highest BCUT2D eigenvalue weighted by Crippen LogP contribution is 2.26. The Bertz CT molecular complexity index is 574. The third kappa shape index (κ3) is 1.92. The molecule has 2 rings (SSSR count). The second kappa shape index (κ2) is 4.42. The predicted molar refractivity (Wildman–Crippen MR) is 71.5 cm³/mol. The van der Waals surface area contributed by atoms with Crippen molar-refractivity contribution in [3.05, 3.63) is 45.7 Å². The molecule has 0 aliphatic carbocycles. The first-order chi connectivity index (χ1) is 7.63. The summed E-state index contributed by atoms with van der Waals surface area (Å²) in [5.74, 6) is 0.439. The number of rotatable bonds is 2. The summed E-state index contributed by atoms with van der Waals surface area (Å²) in [6, 6.07) is 7.70. The summed E-state index contributed by atoms with van der Waals surface area (Å²) in [5, 5.41) is 2.07. The van der Waals surface area contributed by atoms with E-state index in [1.54, 1.807) is 6.07 Å². The number of nitrogens with one attached hydrogen (secondary N) is 1. The minimum atomic E-state index is -0.0424. The number of benzene rings is 1. The molecule has 1 atom stereocenters. The van der Waals surface area contributed by atoms with Crippen LogP contribution >= 0.6 is 15.9 Å². The van der Waals surface area contributed by atoms with Gasteiger partial charge in [0, 0.05) is 16.8 Å². The molecular weight excluding hydrogens is 266 g/mol. The van der Waals surface area contributed by atoms with E-state index in [0.29, 0.717) is 5.92 Å². The molecule has 0 saturated carbocycles. The molecule has 0 fully saturated rings. The summed E-state index contributed by atoms with van der Waals surface area (Å²) in [6.45, 7) is 4.19. The van der Waals surface area contributed by atoms with E-state index in [0.717, 1.165) is 21.8 Å². The summed E-state index contributed by atoms with van der Waals surface area (Å²) < 4.78 is 0. The average Bonchev–Trinajstić information content (AvgIpc) is 2.29. The van der Waals surface area contributed by atoms with Crippen molar-refractivity contribution < 1.29 is 0 Å². The lowest BCUT2D eigenvalue weighted by atomic mass is 9.96. The highest BCUT2D eigenvalue weighted by molar-refractivity contribution is 9.09. The van der Waals surface area contributed by atoms with Gasteiger partial charge in [-0.2, -0.15) is 0 Å². The van der Waals surface area contributed by atoms with Crippen LogP contribution in [0.5, 0.6) is 0 Å². The maximum absolute atomic E-state index is 11.3. The molecule has 1 N–H and O–H groups in total. The third-order valence-electron chi connectivity index (χ3n) is 2.90. The van der Waals surface area contributed by atoms with E-state index in [-0.39, 0.29) is 5.56 Å². The normalized spacial score (nSPS) is 12.9. The summed E-state index contributed by atoms with van der Waals surface area (Å²) in [4.78, 5) is 14.2. The van der Waals surface area contributed by atoms with Crippen LogP contribution in [0.3, 0.4) is 0 Å². The molecule has 0 unspecified atom stereocenters. The van der Waals surface area contributed by atoms with Gasteiger partial charge in [0.2, 0.25) is 5.56 Å². The molecule has 2 nitrogen and oxygen atoms in total. The van der Waals surface area contributed by atoms with E-state index in [9.17, 15) is 4.79 Å². The van der Waals surface area contributed by atoms with Crippen molar-refractivity contribution in [3.63, 3.8) is 0 Å². The quantitative estimate of drug-likeness (QED) is 0.841.